The molecule has 0 fully saturated rings. The second-order valence-electron chi connectivity index (χ2n) is 6.35. The van der Waals surface area contributed by atoms with E-state index in [1.807, 2.05) is 77.9 Å². The zero-order valence-corrected chi connectivity index (χ0v) is 14.8. The molecule has 3 N–H and O–H groups in total. The summed E-state index contributed by atoms with van der Waals surface area (Å²) in [5.41, 5.74) is 9.59. The number of rotatable bonds is 6. The molecule has 0 atom stereocenters. The van der Waals surface area contributed by atoms with Crippen LogP contribution in [0.4, 0.5) is 0 Å². The molecule has 2 aromatic heterocycles. The van der Waals surface area contributed by atoms with Gasteiger partial charge < -0.3 is 10.3 Å². The third-order valence-corrected chi connectivity index (χ3v) is 4.47. The lowest BCUT2D eigenvalue weighted by Crippen LogP contribution is -2.15. The molecular formula is C21H20N6. The van der Waals surface area contributed by atoms with Crippen LogP contribution in [0.1, 0.15) is 22.5 Å². The predicted octanol–water partition coefficient (Wildman–Crippen LogP) is 2.99. The summed E-state index contributed by atoms with van der Waals surface area (Å²) in [6.07, 6.45) is 8.33. The molecule has 0 aliphatic heterocycles. The second-order valence-corrected chi connectivity index (χ2v) is 6.35. The first kappa shape index (κ1) is 16.8. The summed E-state index contributed by atoms with van der Waals surface area (Å²) in [7, 11) is 0. The molecule has 6 heteroatoms. The summed E-state index contributed by atoms with van der Waals surface area (Å²) in [5.74, 6) is 1.03. The number of imidazole rings is 1. The normalized spacial score (nSPS) is 10.8. The number of hydrogen-bond donors (Lipinski definition) is 2. The second kappa shape index (κ2) is 7.29. The molecule has 134 valence electrons. The van der Waals surface area contributed by atoms with Crippen LogP contribution in [-0.4, -0.2) is 25.2 Å². The molecule has 0 aliphatic carbocycles. The number of nitrogen functional groups attached to an aromatic ring is 1. The number of nitrogens with zero attached hydrogens (tertiary/aromatic N) is 4. The van der Waals surface area contributed by atoms with E-state index in [2.05, 4.69) is 14.6 Å². The van der Waals surface area contributed by atoms with E-state index < -0.39 is 0 Å². The van der Waals surface area contributed by atoms with Gasteiger partial charge in [0.1, 0.15) is 11.7 Å². The van der Waals surface area contributed by atoms with Crippen molar-refractivity contribution < 1.29 is 0 Å². The molecule has 0 bridgehead atoms. The van der Waals surface area contributed by atoms with E-state index in [0.717, 1.165) is 28.2 Å². The number of nitrogens with two attached hydrogens (primary N) is 1. The van der Waals surface area contributed by atoms with Gasteiger partial charge in [-0.1, -0.05) is 42.5 Å². The maximum absolute atomic E-state index is 7.76. The zero-order chi connectivity index (χ0) is 18.6. The Bertz CT molecular complexity index is 1060. The van der Waals surface area contributed by atoms with Gasteiger partial charge in [-0.3, -0.25) is 5.41 Å². The van der Waals surface area contributed by atoms with Crippen LogP contribution in [0.2, 0.25) is 0 Å². The molecule has 0 unspecified atom stereocenters. The third kappa shape index (κ3) is 3.64. The van der Waals surface area contributed by atoms with E-state index in [0.29, 0.717) is 13.0 Å². The number of nitrogens with one attached hydrogen (secondary N) is 1. The molecule has 27 heavy (non-hydrogen) atoms. The van der Waals surface area contributed by atoms with Crippen LogP contribution < -0.4 is 5.73 Å². The molecule has 0 spiro atoms. The predicted molar refractivity (Wildman–Crippen MR) is 105 cm³/mol. The zero-order valence-electron chi connectivity index (χ0n) is 14.8. The fourth-order valence-corrected chi connectivity index (χ4v) is 3.11. The average Bonchev–Trinajstić information content (AvgIpc) is 3.33. The highest BCUT2D eigenvalue weighted by Gasteiger charge is 2.10. The van der Waals surface area contributed by atoms with Crippen molar-refractivity contribution in [3.8, 4) is 5.69 Å². The van der Waals surface area contributed by atoms with E-state index in [-0.39, 0.29) is 5.84 Å². The molecule has 6 nitrogen and oxygen atoms in total. The molecule has 0 saturated carbocycles. The standard InChI is InChI=1S/C21H20N6/c22-21(23)19-9-5-4-6-17(19)15-26-11-10-24-20(26)12-16-13-25-27(14-16)18-7-2-1-3-8-18/h1-11,13-14H,12,15H2,(H3,22,23). The maximum atomic E-state index is 7.76. The Labute approximate surface area is 157 Å². The number of aromatic nitrogens is 4. The van der Waals surface area contributed by atoms with Crippen LogP contribution in [0.5, 0.6) is 0 Å². The van der Waals surface area contributed by atoms with Crippen LogP contribution in [0.25, 0.3) is 5.69 Å². The first-order valence-electron chi connectivity index (χ1n) is 8.72. The lowest BCUT2D eigenvalue weighted by Gasteiger charge is -2.11. The summed E-state index contributed by atoms with van der Waals surface area (Å²) in [4.78, 5) is 4.51. The van der Waals surface area contributed by atoms with Crippen molar-refractivity contribution in [1.82, 2.24) is 19.3 Å². The smallest absolute Gasteiger partial charge is 0.123 e. The first-order valence-corrected chi connectivity index (χ1v) is 8.72. The molecule has 2 heterocycles. The van der Waals surface area contributed by atoms with Crippen molar-refractivity contribution in [2.45, 2.75) is 13.0 Å². The molecule has 0 radical (unpaired) electrons. The molecule has 0 amide bonds. The lowest BCUT2D eigenvalue weighted by molar-refractivity contribution is 0.739. The van der Waals surface area contributed by atoms with Crippen molar-refractivity contribution >= 4 is 5.84 Å². The van der Waals surface area contributed by atoms with Gasteiger partial charge in [0.2, 0.25) is 0 Å². The van der Waals surface area contributed by atoms with Gasteiger partial charge in [0, 0.05) is 37.1 Å². The molecule has 2 aromatic carbocycles. The van der Waals surface area contributed by atoms with Gasteiger partial charge in [-0.05, 0) is 23.3 Å². The quantitative estimate of drug-likeness (QED) is 0.411. The van der Waals surface area contributed by atoms with E-state index in [9.17, 15) is 0 Å². The van der Waals surface area contributed by atoms with Gasteiger partial charge in [-0.25, -0.2) is 9.67 Å². The maximum Gasteiger partial charge on any atom is 0.123 e. The number of para-hydroxylation sites is 1. The molecule has 0 saturated heterocycles. The van der Waals surface area contributed by atoms with Crippen molar-refractivity contribution in [3.63, 3.8) is 0 Å². The Morgan fingerprint density at radius 3 is 2.63 bits per heavy atom. The topological polar surface area (TPSA) is 85.5 Å². The molecular weight excluding hydrogens is 336 g/mol. The van der Waals surface area contributed by atoms with Crippen molar-refractivity contribution in [3.05, 3.63) is 102 Å². The Kier molecular flexibility index (Phi) is 4.53. The summed E-state index contributed by atoms with van der Waals surface area (Å²) in [5, 5.41) is 12.2. The van der Waals surface area contributed by atoms with Gasteiger partial charge in [-0.15, -0.1) is 0 Å². The van der Waals surface area contributed by atoms with E-state index in [4.69, 9.17) is 11.1 Å². The van der Waals surface area contributed by atoms with Crippen molar-refractivity contribution in [2.75, 3.05) is 0 Å². The highest BCUT2D eigenvalue weighted by Crippen LogP contribution is 2.15. The van der Waals surface area contributed by atoms with Crippen LogP contribution in [0, 0.1) is 5.41 Å². The van der Waals surface area contributed by atoms with Crippen LogP contribution >= 0.6 is 0 Å². The minimum absolute atomic E-state index is 0.0800. The van der Waals surface area contributed by atoms with Crippen LogP contribution in [-0.2, 0) is 13.0 Å². The monoisotopic (exact) mass is 356 g/mol. The minimum atomic E-state index is 0.0800. The molecule has 4 rings (SSSR count). The minimum Gasteiger partial charge on any atom is -0.384 e. The van der Waals surface area contributed by atoms with Gasteiger partial charge >= 0.3 is 0 Å². The Balaban J connectivity index is 1.55. The van der Waals surface area contributed by atoms with Gasteiger partial charge in [0.25, 0.3) is 0 Å². The number of amidine groups is 1. The van der Waals surface area contributed by atoms with E-state index in [1.54, 1.807) is 6.20 Å². The average molecular weight is 356 g/mol. The highest BCUT2D eigenvalue weighted by atomic mass is 15.3. The summed E-state index contributed by atoms with van der Waals surface area (Å²) in [6, 6.07) is 17.8. The lowest BCUT2D eigenvalue weighted by atomic mass is 10.1. The van der Waals surface area contributed by atoms with Crippen molar-refractivity contribution in [1.29, 1.82) is 5.41 Å². The largest absolute Gasteiger partial charge is 0.384 e. The molecule has 4 aromatic rings. The van der Waals surface area contributed by atoms with E-state index in [1.165, 1.54) is 0 Å². The SMILES string of the molecule is N=C(N)c1ccccc1Cn1ccnc1Cc1cnn(-c2ccccc2)c1. The van der Waals surface area contributed by atoms with Gasteiger partial charge in [0.05, 0.1) is 11.9 Å². The Morgan fingerprint density at radius 2 is 1.81 bits per heavy atom. The van der Waals surface area contributed by atoms with Gasteiger partial charge in [0.15, 0.2) is 0 Å². The number of benzene rings is 2. The Hall–Kier alpha value is -3.67. The highest BCUT2D eigenvalue weighted by molar-refractivity contribution is 5.96. The van der Waals surface area contributed by atoms with E-state index >= 15 is 0 Å². The van der Waals surface area contributed by atoms with Gasteiger partial charge in [-0.2, -0.15) is 5.10 Å². The summed E-state index contributed by atoms with van der Waals surface area (Å²) >= 11 is 0. The summed E-state index contributed by atoms with van der Waals surface area (Å²) in [6.45, 7) is 0.623. The fourth-order valence-electron chi connectivity index (χ4n) is 3.11. The van der Waals surface area contributed by atoms with Crippen LogP contribution in [0.15, 0.2) is 79.4 Å². The first-order chi connectivity index (χ1) is 13.2. The number of hydrogen-bond acceptors (Lipinski definition) is 3. The third-order valence-electron chi connectivity index (χ3n) is 4.47. The van der Waals surface area contributed by atoms with Crippen molar-refractivity contribution in [2.24, 2.45) is 5.73 Å². The summed E-state index contributed by atoms with van der Waals surface area (Å²) < 4.78 is 3.95. The van der Waals surface area contributed by atoms with Crippen LogP contribution in [0.3, 0.4) is 0 Å². The fraction of sp³-hybridized carbons (Fsp3) is 0.0952. The Morgan fingerprint density at radius 1 is 1.04 bits per heavy atom. The molecule has 0 aliphatic rings.